The van der Waals surface area contributed by atoms with Crippen LogP contribution in [-0.4, -0.2) is 52.6 Å². The number of nitrogens with zero attached hydrogens (tertiary/aromatic N) is 3. The van der Waals surface area contributed by atoms with Gasteiger partial charge < -0.3 is 25.9 Å². The molecule has 1 saturated carbocycles. The third-order valence-electron chi connectivity index (χ3n) is 8.80. The molecule has 0 bridgehead atoms. The lowest BCUT2D eigenvalue weighted by atomic mass is 9.90. The smallest absolute Gasteiger partial charge is 0.244 e. The molecule has 4 N–H and O–H groups in total. The molecule has 0 radical (unpaired) electrons. The summed E-state index contributed by atoms with van der Waals surface area (Å²) in [6, 6.07) is 20.8. The molecule has 1 fully saturated rings. The maximum absolute atomic E-state index is 14.0. The summed E-state index contributed by atoms with van der Waals surface area (Å²) in [4.78, 5) is 41.0. The Morgan fingerprint density at radius 3 is 2.30 bits per heavy atom. The minimum atomic E-state index is -0.920. The van der Waals surface area contributed by atoms with E-state index in [0.29, 0.717) is 5.56 Å². The number of fused-ring (bicyclic) bond motifs is 1. The summed E-state index contributed by atoms with van der Waals surface area (Å²) in [6.07, 6.45) is 6.18. The fraction of sp³-hybridized carbons (Fsp3) is 0.297. The highest BCUT2D eigenvalue weighted by atomic mass is 16.3. The highest BCUT2D eigenvalue weighted by molar-refractivity contribution is 6.05. The Labute approximate surface area is 273 Å². The van der Waals surface area contributed by atoms with Gasteiger partial charge in [-0.15, -0.1) is 0 Å². The van der Waals surface area contributed by atoms with E-state index in [4.69, 9.17) is 5.26 Å². The molecule has 2 atom stereocenters. The molecule has 10 heteroatoms. The number of benzene rings is 3. The summed E-state index contributed by atoms with van der Waals surface area (Å²) in [7, 11) is 3.26. The number of ketones is 1. The molecular weight excluding hydrogens is 594 g/mol. The van der Waals surface area contributed by atoms with Gasteiger partial charge in [-0.1, -0.05) is 61.4 Å². The van der Waals surface area contributed by atoms with Crippen molar-refractivity contribution in [1.29, 1.82) is 5.26 Å². The van der Waals surface area contributed by atoms with Gasteiger partial charge in [-0.05, 0) is 71.9 Å². The Morgan fingerprint density at radius 2 is 1.66 bits per heavy atom. The van der Waals surface area contributed by atoms with Gasteiger partial charge in [0.1, 0.15) is 0 Å². The fourth-order valence-corrected chi connectivity index (χ4v) is 6.32. The van der Waals surface area contributed by atoms with Crippen molar-refractivity contribution in [2.75, 3.05) is 19.1 Å². The summed E-state index contributed by atoms with van der Waals surface area (Å²) < 4.78 is 1.15. The first-order valence-electron chi connectivity index (χ1n) is 15.7. The first kappa shape index (κ1) is 32.8. The summed E-state index contributed by atoms with van der Waals surface area (Å²) in [5.74, 6) is -2.09. The van der Waals surface area contributed by atoms with Gasteiger partial charge in [0, 0.05) is 25.7 Å². The molecule has 0 aliphatic heterocycles. The van der Waals surface area contributed by atoms with Crippen LogP contribution in [0, 0.1) is 24.2 Å². The van der Waals surface area contributed by atoms with E-state index in [1.54, 1.807) is 51.4 Å². The van der Waals surface area contributed by atoms with Gasteiger partial charge in [-0.25, -0.2) is 0 Å². The van der Waals surface area contributed by atoms with Crippen molar-refractivity contribution in [1.82, 2.24) is 15.3 Å². The predicted molar refractivity (Wildman–Crippen MR) is 180 cm³/mol. The average molecular weight is 634 g/mol. The van der Waals surface area contributed by atoms with E-state index in [2.05, 4.69) is 16.7 Å². The van der Waals surface area contributed by atoms with Gasteiger partial charge in [0.2, 0.25) is 23.6 Å². The van der Waals surface area contributed by atoms with Crippen LogP contribution >= 0.6 is 0 Å². The number of nitriles is 1. The molecule has 2 unspecified atom stereocenters. The second-order valence-corrected chi connectivity index (χ2v) is 12.2. The van der Waals surface area contributed by atoms with E-state index in [-0.39, 0.29) is 35.2 Å². The lowest BCUT2D eigenvalue weighted by Crippen LogP contribution is -2.46. The maximum Gasteiger partial charge on any atom is 0.244 e. The quantitative estimate of drug-likeness (QED) is 0.130. The van der Waals surface area contributed by atoms with E-state index >= 15 is 0 Å². The van der Waals surface area contributed by atoms with E-state index in [1.807, 2.05) is 42.5 Å². The van der Waals surface area contributed by atoms with E-state index in [0.717, 1.165) is 52.3 Å². The van der Waals surface area contributed by atoms with Crippen molar-refractivity contribution < 1.29 is 24.6 Å². The van der Waals surface area contributed by atoms with Gasteiger partial charge in [0.15, 0.2) is 5.78 Å². The monoisotopic (exact) mass is 633 g/mol. The zero-order valence-electron chi connectivity index (χ0n) is 26.7. The third kappa shape index (κ3) is 7.31. The lowest BCUT2D eigenvalue weighted by Gasteiger charge is -2.25. The number of aromatic hydroxyl groups is 2. The summed E-state index contributed by atoms with van der Waals surface area (Å²) in [5.41, 5.74) is 2.18. The second-order valence-electron chi connectivity index (χ2n) is 12.2. The van der Waals surface area contributed by atoms with Crippen LogP contribution in [0.4, 0.5) is 0 Å². The molecule has 3 aromatic carbocycles. The SMILES string of the molecule is Cc1c(C(=O)C(NC(=O)CC(NC(=O)C=Cc2ccc(C#N)cc2)c2ccc3ccccc3c2)C2CCCC2)c(O)n(N(C)C)c1O. The molecule has 1 heterocycles. The van der Waals surface area contributed by atoms with Crippen molar-refractivity contribution >= 4 is 34.4 Å². The normalized spacial score (nSPS) is 14.5. The zero-order chi connectivity index (χ0) is 33.7. The highest BCUT2D eigenvalue weighted by Gasteiger charge is 2.37. The minimum absolute atomic E-state index is 0.0271. The Balaban J connectivity index is 1.41. The van der Waals surface area contributed by atoms with Gasteiger partial charge in [0.25, 0.3) is 0 Å². The second kappa shape index (κ2) is 14.3. The number of Topliss-reactive ketones (excluding diaryl/α,β-unsaturated/α-hetero) is 1. The molecule has 0 spiro atoms. The van der Waals surface area contributed by atoms with Crippen LogP contribution in [-0.2, 0) is 9.59 Å². The first-order chi connectivity index (χ1) is 22.6. The number of hydrogen-bond donors (Lipinski definition) is 4. The molecule has 242 valence electrons. The van der Waals surface area contributed by atoms with Crippen LogP contribution in [0.25, 0.3) is 16.8 Å². The van der Waals surface area contributed by atoms with Gasteiger partial charge in [0.05, 0.1) is 35.7 Å². The molecule has 0 saturated heterocycles. The molecule has 47 heavy (non-hydrogen) atoms. The third-order valence-corrected chi connectivity index (χ3v) is 8.80. The Morgan fingerprint density at radius 1 is 0.979 bits per heavy atom. The number of aromatic nitrogens is 1. The number of carbonyl (C=O) groups is 3. The molecular formula is C37H39N5O5. The standard InChI is InChI=1S/C37H39N5O5/c1-23-33(37(47)42(36(23)46)41(2)3)35(45)34(27-9-5-6-10-27)40-32(44)21-30(29-18-17-26-8-4-7-11-28(26)20-29)39-31(43)19-16-24-12-14-25(22-38)15-13-24/h4,7-8,11-20,27,30,34,46-47H,5-6,9-10,21H2,1-3H3,(H,39,43)(H,40,44). The van der Waals surface area contributed by atoms with Crippen LogP contribution in [0.1, 0.15) is 70.8 Å². The van der Waals surface area contributed by atoms with Crippen molar-refractivity contribution in [3.63, 3.8) is 0 Å². The van der Waals surface area contributed by atoms with E-state index in [9.17, 15) is 24.6 Å². The van der Waals surface area contributed by atoms with E-state index in [1.165, 1.54) is 11.1 Å². The van der Waals surface area contributed by atoms with E-state index < -0.39 is 29.7 Å². The Kier molecular flexibility index (Phi) is 9.95. The van der Waals surface area contributed by atoms with Crippen LogP contribution in [0.2, 0.25) is 0 Å². The number of nitrogens with one attached hydrogen (secondary N) is 2. The summed E-state index contributed by atoms with van der Waals surface area (Å²) in [5, 5.41) is 40.0. The molecule has 4 aromatic rings. The van der Waals surface area contributed by atoms with Gasteiger partial charge in [-0.3, -0.25) is 14.4 Å². The van der Waals surface area contributed by atoms with Gasteiger partial charge in [-0.2, -0.15) is 9.94 Å². The van der Waals surface area contributed by atoms with Gasteiger partial charge >= 0.3 is 0 Å². The number of carbonyl (C=O) groups excluding carboxylic acids is 3. The molecule has 1 aliphatic rings. The van der Waals surface area contributed by atoms with Crippen molar-refractivity contribution in [2.45, 2.75) is 51.1 Å². The van der Waals surface area contributed by atoms with Crippen molar-refractivity contribution in [3.8, 4) is 17.8 Å². The van der Waals surface area contributed by atoms with Crippen molar-refractivity contribution in [3.05, 3.63) is 101 Å². The van der Waals surface area contributed by atoms with Crippen LogP contribution < -0.4 is 15.6 Å². The molecule has 5 rings (SSSR count). The molecule has 1 aliphatic carbocycles. The maximum atomic E-state index is 14.0. The van der Waals surface area contributed by atoms with Crippen molar-refractivity contribution in [2.24, 2.45) is 5.92 Å². The average Bonchev–Trinajstić information content (AvgIpc) is 3.68. The topological polar surface area (TPSA) is 148 Å². The number of rotatable bonds is 11. The number of amides is 2. The minimum Gasteiger partial charge on any atom is -0.493 e. The van der Waals surface area contributed by atoms with Crippen LogP contribution in [0.3, 0.4) is 0 Å². The number of hydrogen-bond acceptors (Lipinski definition) is 7. The molecule has 1 aromatic heterocycles. The molecule has 2 amide bonds. The zero-order valence-corrected chi connectivity index (χ0v) is 26.7. The van der Waals surface area contributed by atoms with Crippen LogP contribution in [0.15, 0.2) is 72.8 Å². The largest absolute Gasteiger partial charge is 0.493 e. The predicted octanol–water partition coefficient (Wildman–Crippen LogP) is 5.25. The first-order valence-corrected chi connectivity index (χ1v) is 15.7. The summed E-state index contributed by atoms with van der Waals surface area (Å²) in [6.45, 7) is 1.56. The Hall–Kier alpha value is -5.56. The molecule has 10 nitrogen and oxygen atoms in total. The lowest BCUT2D eigenvalue weighted by molar-refractivity contribution is -0.123. The van der Waals surface area contributed by atoms with Crippen LogP contribution in [0.5, 0.6) is 11.8 Å². The fourth-order valence-electron chi connectivity index (χ4n) is 6.32. The highest BCUT2D eigenvalue weighted by Crippen LogP contribution is 2.37. The Bertz CT molecular complexity index is 1860. The summed E-state index contributed by atoms with van der Waals surface area (Å²) >= 11 is 0.